The minimum absolute atomic E-state index is 0. The molecule has 0 atom stereocenters. The molecule has 2 heterocycles. The Morgan fingerprint density at radius 2 is 1.91 bits per heavy atom. The van der Waals surface area contributed by atoms with E-state index in [2.05, 4.69) is 32.6 Å². The summed E-state index contributed by atoms with van der Waals surface area (Å²) in [5.41, 5.74) is 4.39. The van der Waals surface area contributed by atoms with E-state index in [0.29, 0.717) is 0 Å². The maximum absolute atomic E-state index is 5.16. The minimum atomic E-state index is 0. The molecule has 0 bridgehead atoms. The van der Waals surface area contributed by atoms with Gasteiger partial charge < -0.3 is 10.1 Å². The van der Waals surface area contributed by atoms with Gasteiger partial charge in [0.25, 0.3) is 0 Å². The quantitative estimate of drug-likeness (QED) is 0.728. The van der Waals surface area contributed by atoms with Crippen molar-refractivity contribution in [1.29, 1.82) is 0 Å². The molecule has 6 heteroatoms. The second kappa shape index (κ2) is 8.31. The fraction of sp³-hybridized carbons (Fsp3) is 0.176. The second-order valence-corrected chi connectivity index (χ2v) is 4.96. The molecule has 0 aliphatic heterocycles. The lowest BCUT2D eigenvalue weighted by Crippen LogP contribution is -2.12. The number of methoxy groups -OCH3 is 1. The van der Waals surface area contributed by atoms with Crippen molar-refractivity contribution in [2.24, 2.45) is 0 Å². The third-order valence-electron chi connectivity index (χ3n) is 3.47. The van der Waals surface area contributed by atoms with Gasteiger partial charge in [0, 0.05) is 36.6 Å². The van der Waals surface area contributed by atoms with Crippen molar-refractivity contribution in [2.45, 2.75) is 13.1 Å². The number of nitrogens with one attached hydrogen (secondary N) is 2. The van der Waals surface area contributed by atoms with E-state index in [0.717, 1.165) is 35.7 Å². The number of aromatic nitrogens is 3. The van der Waals surface area contributed by atoms with Gasteiger partial charge in [0.15, 0.2) is 0 Å². The zero-order chi connectivity index (χ0) is 15.2. The maximum atomic E-state index is 5.16. The van der Waals surface area contributed by atoms with Crippen LogP contribution in [0.15, 0.2) is 55.0 Å². The molecule has 0 aliphatic carbocycles. The largest absolute Gasteiger partial charge is 0.497 e. The molecule has 1 aromatic carbocycles. The summed E-state index contributed by atoms with van der Waals surface area (Å²) in [4.78, 5) is 4.15. The number of nitrogens with zero attached hydrogens (tertiary/aromatic N) is 2. The third kappa shape index (κ3) is 4.31. The summed E-state index contributed by atoms with van der Waals surface area (Å²) in [5.74, 6) is 0.873. The monoisotopic (exact) mass is 330 g/mol. The Bertz CT molecular complexity index is 713. The number of H-pyrrole nitrogens is 1. The van der Waals surface area contributed by atoms with E-state index in [4.69, 9.17) is 4.74 Å². The molecule has 0 spiro atoms. The normalized spacial score (nSPS) is 10.1. The highest BCUT2D eigenvalue weighted by atomic mass is 35.5. The van der Waals surface area contributed by atoms with Gasteiger partial charge in [0.1, 0.15) is 5.75 Å². The first kappa shape index (κ1) is 17.0. The number of halogens is 1. The predicted molar refractivity (Wildman–Crippen MR) is 92.6 cm³/mol. The van der Waals surface area contributed by atoms with E-state index in [9.17, 15) is 0 Å². The molecule has 5 nitrogen and oxygen atoms in total. The highest BCUT2D eigenvalue weighted by Crippen LogP contribution is 2.19. The molecule has 0 amide bonds. The Kier molecular flexibility index (Phi) is 6.14. The van der Waals surface area contributed by atoms with Crippen molar-refractivity contribution in [3.05, 3.63) is 66.1 Å². The number of pyridine rings is 1. The zero-order valence-corrected chi connectivity index (χ0v) is 13.6. The number of ether oxygens (including phenoxy) is 1. The summed E-state index contributed by atoms with van der Waals surface area (Å²) in [7, 11) is 1.67. The van der Waals surface area contributed by atoms with Gasteiger partial charge in [-0.25, -0.2) is 0 Å². The van der Waals surface area contributed by atoms with Crippen LogP contribution >= 0.6 is 12.4 Å². The van der Waals surface area contributed by atoms with E-state index in [-0.39, 0.29) is 12.4 Å². The van der Waals surface area contributed by atoms with Crippen molar-refractivity contribution in [2.75, 3.05) is 7.11 Å². The number of hydrogen-bond acceptors (Lipinski definition) is 4. The Morgan fingerprint density at radius 3 is 2.61 bits per heavy atom. The van der Waals surface area contributed by atoms with Gasteiger partial charge >= 0.3 is 0 Å². The van der Waals surface area contributed by atoms with Crippen LogP contribution in [0, 0.1) is 0 Å². The average Bonchev–Trinajstić information content (AvgIpc) is 3.05. The second-order valence-electron chi connectivity index (χ2n) is 4.96. The Morgan fingerprint density at radius 1 is 1.09 bits per heavy atom. The Hall–Kier alpha value is -2.37. The molecule has 0 unspecified atom stereocenters. The van der Waals surface area contributed by atoms with Gasteiger partial charge in [-0.3, -0.25) is 10.1 Å². The van der Waals surface area contributed by atoms with Crippen LogP contribution in [0.2, 0.25) is 0 Å². The zero-order valence-electron chi connectivity index (χ0n) is 12.8. The van der Waals surface area contributed by atoms with Crippen LogP contribution in [0.25, 0.3) is 11.3 Å². The summed E-state index contributed by atoms with van der Waals surface area (Å²) in [6.45, 7) is 1.54. The molecule has 3 rings (SSSR count). The number of rotatable bonds is 6. The highest BCUT2D eigenvalue weighted by Gasteiger charge is 2.07. The van der Waals surface area contributed by atoms with Gasteiger partial charge in [-0.1, -0.05) is 12.1 Å². The predicted octanol–water partition coefficient (Wildman–Crippen LogP) is 3.19. The smallest absolute Gasteiger partial charge is 0.118 e. The van der Waals surface area contributed by atoms with E-state index in [1.54, 1.807) is 13.3 Å². The van der Waals surface area contributed by atoms with Crippen molar-refractivity contribution in [3.8, 4) is 17.0 Å². The van der Waals surface area contributed by atoms with E-state index < -0.39 is 0 Å². The first-order chi connectivity index (χ1) is 10.9. The van der Waals surface area contributed by atoms with Crippen molar-refractivity contribution in [1.82, 2.24) is 20.5 Å². The SMILES string of the molecule is COc1ccc(CNCc2cn[nH]c2-c2cccnc2)cc1.Cl. The Balaban J connectivity index is 0.00000192. The summed E-state index contributed by atoms with van der Waals surface area (Å²) < 4.78 is 5.16. The summed E-state index contributed by atoms with van der Waals surface area (Å²) in [6.07, 6.45) is 5.45. The number of benzene rings is 1. The van der Waals surface area contributed by atoms with Crippen LogP contribution in [0.4, 0.5) is 0 Å². The van der Waals surface area contributed by atoms with Crippen LogP contribution in [0.3, 0.4) is 0 Å². The van der Waals surface area contributed by atoms with E-state index in [1.165, 1.54) is 5.56 Å². The van der Waals surface area contributed by atoms with Gasteiger partial charge in [0.05, 0.1) is 19.0 Å². The van der Waals surface area contributed by atoms with Crippen LogP contribution < -0.4 is 10.1 Å². The maximum Gasteiger partial charge on any atom is 0.118 e. The van der Waals surface area contributed by atoms with E-state index >= 15 is 0 Å². The number of hydrogen-bond donors (Lipinski definition) is 2. The summed E-state index contributed by atoms with van der Waals surface area (Å²) in [6, 6.07) is 12.0. The molecule has 120 valence electrons. The summed E-state index contributed by atoms with van der Waals surface area (Å²) in [5, 5.41) is 10.6. The van der Waals surface area contributed by atoms with E-state index in [1.807, 2.05) is 36.7 Å². The third-order valence-corrected chi connectivity index (χ3v) is 3.47. The summed E-state index contributed by atoms with van der Waals surface area (Å²) >= 11 is 0. The van der Waals surface area contributed by atoms with Crippen LogP contribution in [-0.4, -0.2) is 22.3 Å². The molecular formula is C17H19ClN4O. The van der Waals surface area contributed by atoms with Gasteiger partial charge in [-0.05, 0) is 29.8 Å². The van der Waals surface area contributed by atoms with Gasteiger partial charge in [-0.15, -0.1) is 12.4 Å². The molecule has 0 saturated heterocycles. The minimum Gasteiger partial charge on any atom is -0.497 e. The Labute approximate surface area is 141 Å². The molecular weight excluding hydrogens is 312 g/mol. The fourth-order valence-electron chi connectivity index (χ4n) is 2.29. The first-order valence-corrected chi connectivity index (χ1v) is 7.13. The lowest BCUT2D eigenvalue weighted by atomic mass is 10.1. The van der Waals surface area contributed by atoms with Crippen LogP contribution in [0.1, 0.15) is 11.1 Å². The molecule has 23 heavy (non-hydrogen) atoms. The molecule has 2 aromatic heterocycles. The fourth-order valence-corrected chi connectivity index (χ4v) is 2.29. The first-order valence-electron chi connectivity index (χ1n) is 7.13. The highest BCUT2D eigenvalue weighted by molar-refractivity contribution is 5.85. The average molecular weight is 331 g/mol. The van der Waals surface area contributed by atoms with Gasteiger partial charge in [0.2, 0.25) is 0 Å². The lowest BCUT2D eigenvalue weighted by Gasteiger charge is -2.07. The van der Waals surface area contributed by atoms with Crippen LogP contribution in [-0.2, 0) is 13.1 Å². The van der Waals surface area contributed by atoms with Crippen LogP contribution in [0.5, 0.6) is 5.75 Å². The molecule has 0 fully saturated rings. The van der Waals surface area contributed by atoms with Crippen molar-refractivity contribution in [3.63, 3.8) is 0 Å². The van der Waals surface area contributed by atoms with Crippen molar-refractivity contribution >= 4 is 12.4 Å². The number of aromatic amines is 1. The standard InChI is InChI=1S/C17H18N4O.ClH/c1-22-16-6-4-13(5-7-16)9-19-11-15-12-20-21-17(15)14-3-2-8-18-10-14;/h2-8,10,12,19H,9,11H2,1H3,(H,20,21);1H. The van der Waals surface area contributed by atoms with Gasteiger partial charge in [-0.2, -0.15) is 5.10 Å². The molecule has 0 aliphatic rings. The molecule has 2 N–H and O–H groups in total. The molecule has 0 radical (unpaired) electrons. The topological polar surface area (TPSA) is 62.8 Å². The molecule has 0 saturated carbocycles. The lowest BCUT2D eigenvalue weighted by molar-refractivity contribution is 0.414. The van der Waals surface area contributed by atoms with Crippen molar-refractivity contribution < 1.29 is 4.74 Å². The molecule has 3 aromatic rings.